The Morgan fingerprint density at radius 1 is 1.67 bits per heavy atom. The van der Waals surface area contributed by atoms with Crippen LogP contribution in [-0.4, -0.2) is 41.3 Å². The van der Waals surface area contributed by atoms with Crippen molar-refractivity contribution in [3.05, 3.63) is 0 Å². The molecule has 1 saturated heterocycles. The Kier molecular flexibility index (Phi) is 4.39. The number of unbranched alkanes of at least 4 members (excludes halogenated alkanes) is 1. The van der Waals surface area contributed by atoms with E-state index in [4.69, 9.17) is 9.84 Å². The van der Waals surface area contributed by atoms with Crippen LogP contribution in [0.4, 0.5) is 4.79 Å². The molecule has 86 valence electrons. The van der Waals surface area contributed by atoms with Crippen LogP contribution in [0.2, 0.25) is 0 Å². The van der Waals surface area contributed by atoms with E-state index in [0.29, 0.717) is 19.6 Å². The van der Waals surface area contributed by atoms with Gasteiger partial charge < -0.3 is 14.7 Å². The number of ether oxygens (including phenoxy) is 1. The highest BCUT2D eigenvalue weighted by Gasteiger charge is 2.30. The zero-order valence-corrected chi connectivity index (χ0v) is 8.94. The molecule has 0 saturated carbocycles. The number of hydrogen-bond donors (Lipinski definition) is 1. The highest BCUT2D eigenvalue weighted by molar-refractivity contribution is 5.72. The van der Waals surface area contributed by atoms with Gasteiger partial charge in [-0.25, -0.2) is 4.79 Å². The lowest BCUT2D eigenvalue weighted by atomic mass is 10.1. The van der Waals surface area contributed by atoms with Crippen molar-refractivity contribution in [2.24, 2.45) is 0 Å². The van der Waals surface area contributed by atoms with E-state index >= 15 is 0 Å². The fourth-order valence-electron chi connectivity index (χ4n) is 1.69. The van der Waals surface area contributed by atoms with Crippen molar-refractivity contribution < 1.29 is 19.4 Å². The van der Waals surface area contributed by atoms with E-state index in [9.17, 15) is 9.59 Å². The molecule has 1 heterocycles. The first-order chi connectivity index (χ1) is 7.15. The second-order valence-corrected chi connectivity index (χ2v) is 3.70. The van der Waals surface area contributed by atoms with Crippen LogP contribution in [0.1, 0.15) is 32.6 Å². The minimum absolute atomic E-state index is 0.0127. The fourth-order valence-corrected chi connectivity index (χ4v) is 1.69. The van der Waals surface area contributed by atoms with Crippen LogP contribution in [-0.2, 0) is 9.53 Å². The number of carbonyl (C=O) groups is 2. The van der Waals surface area contributed by atoms with Crippen molar-refractivity contribution in [2.45, 2.75) is 38.6 Å². The van der Waals surface area contributed by atoms with E-state index < -0.39 is 5.97 Å². The lowest BCUT2D eigenvalue weighted by molar-refractivity contribution is -0.138. The summed E-state index contributed by atoms with van der Waals surface area (Å²) < 4.78 is 4.89. The Morgan fingerprint density at radius 2 is 2.40 bits per heavy atom. The van der Waals surface area contributed by atoms with Gasteiger partial charge in [-0.15, -0.1) is 0 Å². The summed E-state index contributed by atoms with van der Waals surface area (Å²) in [5.41, 5.74) is 0. The average Bonchev–Trinajstić information content (AvgIpc) is 2.16. The van der Waals surface area contributed by atoms with Crippen molar-refractivity contribution in [1.29, 1.82) is 0 Å². The summed E-state index contributed by atoms with van der Waals surface area (Å²) in [6, 6.07) is -0.199. The molecule has 0 aromatic carbocycles. The smallest absolute Gasteiger partial charge is 0.410 e. The second kappa shape index (κ2) is 5.58. The summed E-state index contributed by atoms with van der Waals surface area (Å²) in [6.45, 7) is 2.95. The number of rotatable bonds is 5. The van der Waals surface area contributed by atoms with Gasteiger partial charge in [0.15, 0.2) is 0 Å². The van der Waals surface area contributed by atoms with Crippen LogP contribution in [0.25, 0.3) is 0 Å². The molecule has 15 heavy (non-hydrogen) atoms. The van der Waals surface area contributed by atoms with Gasteiger partial charge in [-0.05, 0) is 6.42 Å². The number of amides is 1. The van der Waals surface area contributed by atoms with Gasteiger partial charge in [-0.3, -0.25) is 4.79 Å². The number of carboxylic acid groups (broad SMARTS) is 1. The van der Waals surface area contributed by atoms with Gasteiger partial charge in [0, 0.05) is 19.0 Å². The van der Waals surface area contributed by atoms with Gasteiger partial charge in [-0.1, -0.05) is 13.3 Å². The topological polar surface area (TPSA) is 66.8 Å². The molecule has 0 aromatic rings. The summed E-state index contributed by atoms with van der Waals surface area (Å²) >= 11 is 0. The Morgan fingerprint density at radius 3 is 3.00 bits per heavy atom. The van der Waals surface area contributed by atoms with E-state index in [1.807, 2.05) is 6.92 Å². The third kappa shape index (κ3) is 3.42. The fraction of sp³-hybridized carbons (Fsp3) is 0.800. The molecule has 1 amide bonds. The summed E-state index contributed by atoms with van der Waals surface area (Å²) in [4.78, 5) is 23.6. The number of carbonyl (C=O) groups excluding carboxylic acids is 1. The zero-order valence-electron chi connectivity index (χ0n) is 8.94. The SMILES string of the molecule is CCCCN1C(=O)OCCC1CC(=O)O. The van der Waals surface area contributed by atoms with Crippen molar-refractivity contribution in [1.82, 2.24) is 4.90 Å². The normalized spacial score (nSPS) is 21.3. The average molecular weight is 215 g/mol. The quantitative estimate of drug-likeness (QED) is 0.754. The summed E-state index contributed by atoms with van der Waals surface area (Å²) in [7, 11) is 0. The third-order valence-corrected chi connectivity index (χ3v) is 2.51. The van der Waals surface area contributed by atoms with Crippen LogP contribution < -0.4 is 0 Å². The number of aliphatic carboxylic acids is 1. The molecular weight excluding hydrogens is 198 g/mol. The van der Waals surface area contributed by atoms with E-state index in [1.54, 1.807) is 4.90 Å². The van der Waals surface area contributed by atoms with Crippen LogP contribution in [0.15, 0.2) is 0 Å². The van der Waals surface area contributed by atoms with Crippen molar-refractivity contribution in [3.8, 4) is 0 Å². The molecule has 1 aliphatic heterocycles. The van der Waals surface area contributed by atoms with Gasteiger partial charge in [-0.2, -0.15) is 0 Å². The van der Waals surface area contributed by atoms with Crippen LogP contribution in [0.5, 0.6) is 0 Å². The van der Waals surface area contributed by atoms with E-state index in [0.717, 1.165) is 12.8 Å². The van der Waals surface area contributed by atoms with Crippen molar-refractivity contribution >= 4 is 12.1 Å². The Bertz CT molecular complexity index is 242. The zero-order chi connectivity index (χ0) is 11.3. The van der Waals surface area contributed by atoms with Gasteiger partial charge in [0.2, 0.25) is 0 Å². The van der Waals surface area contributed by atoms with Crippen LogP contribution in [0, 0.1) is 0 Å². The first-order valence-corrected chi connectivity index (χ1v) is 5.30. The van der Waals surface area contributed by atoms with E-state index in [2.05, 4.69) is 0 Å². The first kappa shape index (κ1) is 11.8. The highest BCUT2D eigenvalue weighted by Crippen LogP contribution is 2.17. The largest absolute Gasteiger partial charge is 0.481 e. The molecule has 1 atom stereocenters. The van der Waals surface area contributed by atoms with Crippen molar-refractivity contribution in [2.75, 3.05) is 13.2 Å². The number of hydrogen-bond acceptors (Lipinski definition) is 3. The maximum atomic E-state index is 11.4. The van der Waals surface area contributed by atoms with Gasteiger partial charge in [0.25, 0.3) is 0 Å². The highest BCUT2D eigenvalue weighted by atomic mass is 16.6. The lowest BCUT2D eigenvalue weighted by Crippen LogP contribution is -2.46. The van der Waals surface area contributed by atoms with E-state index in [1.165, 1.54) is 0 Å². The third-order valence-electron chi connectivity index (χ3n) is 2.51. The molecule has 1 fully saturated rings. The van der Waals surface area contributed by atoms with E-state index in [-0.39, 0.29) is 18.6 Å². The Balaban J connectivity index is 2.55. The molecule has 0 aromatic heterocycles. The molecule has 1 rings (SSSR count). The van der Waals surface area contributed by atoms with Gasteiger partial charge >= 0.3 is 12.1 Å². The minimum Gasteiger partial charge on any atom is -0.481 e. The summed E-state index contributed by atoms with van der Waals surface area (Å²) in [6.07, 6.45) is 2.11. The predicted molar refractivity (Wildman–Crippen MR) is 53.6 cm³/mol. The monoisotopic (exact) mass is 215 g/mol. The number of nitrogens with zero attached hydrogens (tertiary/aromatic N) is 1. The molecule has 5 heteroatoms. The van der Waals surface area contributed by atoms with Crippen molar-refractivity contribution in [3.63, 3.8) is 0 Å². The minimum atomic E-state index is -0.865. The maximum absolute atomic E-state index is 11.4. The molecule has 5 nitrogen and oxygen atoms in total. The standard InChI is InChI=1S/C10H17NO4/c1-2-3-5-11-8(7-9(12)13)4-6-15-10(11)14/h8H,2-7H2,1H3,(H,12,13). The van der Waals surface area contributed by atoms with Gasteiger partial charge in [0.05, 0.1) is 13.0 Å². The van der Waals surface area contributed by atoms with Crippen LogP contribution >= 0.6 is 0 Å². The number of carboxylic acids is 1. The molecule has 1 N–H and O–H groups in total. The second-order valence-electron chi connectivity index (χ2n) is 3.70. The molecule has 0 aliphatic carbocycles. The van der Waals surface area contributed by atoms with Crippen LogP contribution in [0.3, 0.4) is 0 Å². The summed E-state index contributed by atoms with van der Waals surface area (Å²) in [5.74, 6) is -0.865. The Labute approximate surface area is 89.0 Å². The Hall–Kier alpha value is -1.26. The molecule has 1 unspecified atom stereocenters. The predicted octanol–water partition coefficient (Wildman–Crippen LogP) is 1.47. The first-order valence-electron chi connectivity index (χ1n) is 5.30. The number of cyclic esters (lactones) is 1. The van der Waals surface area contributed by atoms with Gasteiger partial charge in [0.1, 0.15) is 0 Å². The lowest BCUT2D eigenvalue weighted by Gasteiger charge is -2.34. The summed E-state index contributed by atoms with van der Waals surface area (Å²) in [5, 5.41) is 8.72. The maximum Gasteiger partial charge on any atom is 0.410 e. The molecule has 0 radical (unpaired) electrons. The molecule has 0 spiro atoms. The molecule has 1 aliphatic rings. The molecular formula is C10H17NO4. The molecule has 0 bridgehead atoms.